The number of hydrogen-bond acceptors (Lipinski definition) is 5. The van der Waals surface area contributed by atoms with Gasteiger partial charge in [0.15, 0.2) is 0 Å². The standard InChI is InChI=1S/C13H19N3O4S/c1-15-8-11-9-16(6-7-20-11)21(18,19)12-4-2-10(3-5-12)13(14)17/h2-5,11,15H,6-9H2,1H3,(H2,14,17). The maximum absolute atomic E-state index is 12.6. The van der Waals surface area contributed by atoms with Crippen molar-refractivity contribution in [2.24, 2.45) is 5.73 Å². The zero-order chi connectivity index (χ0) is 15.5. The van der Waals surface area contributed by atoms with Crippen LogP contribution < -0.4 is 11.1 Å². The van der Waals surface area contributed by atoms with Gasteiger partial charge in [0, 0.05) is 25.2 Å². The van der Waals surface area contributed by atoms with Gasteiger partial charge in [-0.1, -0.05) is 0 Å². The highest BCUT2D eigenvalue weighted by Gasteiger charge is 2.30. The van der Waals surface area contributed by atoms with Crippen LogP contribution in [0.2, 0.25) is 0 Å². The molecule has 1 unspecified atom stereocenters. The highest BCUT2D eigenvalue weighted by Crippen LogP contribution is 2.19. The van der Waals surface area contributed by atoms with Gasteiger partial charge in [0.05, 0.1) is 17.6 Å². The van der Waals surface area contributed by atoms with E-state index in [0.29, 0.717) is 26.2 Å². The van der Waals surface area contributed by atoms with Crippen LogP contribution >= 0.6 is 0 Å². The van der Waals surface area contributed by atoms with Gasteiger partial charge in [-0.25, -0.2) is 8.42 Å². The van der Waals surface area contributed by atoms with E-state index >= 15 is 0 Å². The summed E-state index contributed by atoms with van der Waals surface area (Å²) in [5.41, 5.74) is 5.43. The fourth-order valence-electron chi connectivity index (χ4n) is 2.20. The molecule has 0 aromatic heterocycles. The van der Waals surface area contributed by atoms with E-state index in [1.165, 1.54) is 28.6 Å². The Balaban J connectivity index is 2.18. The van der Waals surface area contributed by atoms with Crippen molar-refractivity contribution in [3.63, 3.8) is 0 Å². The van der Waals surface area contributed by atoms with Crippen molar-refractivity contribution in [3.8, 4) is 0 Å². The number of rotatable bonds is 5. The summed E-state index contributed by atoms with van der Waals surface area (Å²) in [4.78, 5) is 11.2. The summed E-state index contributed by atoms with van der Waals surface area (Å²) in [6, 6.07) is 5.64. The Morgan fingerprint density at radius 2 is 2.10 bits per heavy atom. The Morgan fingerprint density at radius 3 is 2.67 bits per heavy atom. The molecule has 7 nitrogen and oxygen atoms in total. The molecule has 1 aromatic rings. The van der Waals surface area contributed by atoms with Crippen molar-refractivity contribution in [1.29, 1.82) is 0 Å². The van der Waals surface area contributed by atoms with Crippen molar-refractivity contribution in [2.75, 3.05) is 33.3 Å². The molecule has 0 radical (unpaired) electrons. The van der Waals surface area contributed by atoms with Crippen LogP contribution in [-0.2, 0) is 14.8 Å². The highest BCUT2D eigenvalue weighted by molar-refractivity contribution is 7.89. The lowest BCUT2D eigenvalue weighted by molar-refractivity contribution is 0.000824. The Kier molecular flexibility index (Phi) is 4.94. The van der Waals surface area contributed by atoms with Gasteiger partial charge in [0.1, 0.15) is 0 Å². The Bertz CT molecular complexity index is 598. The molecule has 116 valence electrons. The molecule has 1 saturated heterocycles. The summed E-state index contributed by atoms with van der Waals surface area (Å²) < 4.78 is 32.0. The third-order valence-corrected chi connectivity index (χ3v) is 5.19. The molecular weight excluding hydrogens is 294 g/mol. The topological polar surface area (TPSA) is 102 Å². The van der Waals surface area contributed by atoms with E-state index in [1.807, 2.05) is 0 Å². The fourth-order valence-corrected chi connectivity index (χ4v) is 3.66. The van der Waals surface area contributed by atoms with Crippen LogP contribution in [0.5, 0.6) is 0 Å². The van der Waals surface area contributed by atoms with Crippen molar-refractivity contribution in [2.45, 2.75) is 11.0 Å². The molecular formula is C13H19N3O4S. The number of nitrogens with two attached hydrogens (primary N) is 1. The molecule has 1 aromatic carbocycles. The minimum atomic E-state index is -3.58. The minimum Gasteiger partial charge on any atom is -0.374 e. The molecule has 1 aliphatic heterocycles. The number of amides is 1. The second kappa shape index (κ2) is 6.52. The number of morpholine rings is 1. The van der Waals surface area contributed by atoms with E-state index in [-0.39, 0.29) is 16.6 Å². The SMILES string of the molecule is CNCC1CN(S(=O)(=O)c2ccc(C(N)=O)cc2)CCO1. The molecule has 0 aliphatic carbocycles. The average Bonchev–Trinajstić information content (AvgIpc) is 2.48. The van der Waals surface area contributed by atoms with Crippen molar-refractivity contribution in [3.05, 3.63) is 29.8 Å². The number of primary amides is 1. The molecule has 0 saturated carbocycles. The summed E-state index contributed by atoms with van der Waals surface area (Å²) in [5.74, 6) is -0.584. The lowest BCUT2D eigenvalue weighted by atomic mass is 10.2. The van der Waals surface area contributed by atoms with Gasteiger partial charge >= 0.3 is 0 Å². The predicted molar refractivity (Wildman–Crippen MR) is 77.4 cm³/mol. The first-order chi connectivity index (χ1) is 9.95. The lowest BCUT2D eigenvalue weighted by Gasteiger charge is -2.32. The molecule has 2 rings (SSSR count). The average molecular weight is 313 g/mol. The fraction of sp³-hybridized carbons (Fsp3) is 0.462. The third-order valence-electron chi connectivity index (χ3n) is 3.31. The normalized spacial score (nSPS) is 20.3. The Hall–Kier alpha value is -1.48. The number of carbonyl (C=O) groups is 1. The Morgan fingerprint density at radius 1 is 1.43 bits per heavy atom. The van der Waals surface area contributed by atoms with Crippen LogP contribution in [0.25, 0.3) is 0 Å². The van der Waals surface area contributed by atoms with E-state index in [1.54, 1.807) is 7.05 Å². The van der Waals surface area contributed by atoms with Crippen LogP contribution in [0.4, 0.5) is 0 Å². The van der Waals surface area contributed by atoms with E-state index in [2.05, 4.69) is 5.32 Å². The van der Waals surface area contributed by atoms with Gasteiger partial charge in [-0.05, 0) is 31.3 Å². The number of ether oxygens (including phenoxy) is 1. The maximum Gasteiger partial charge on any atom is 0.248 e. The summed E-state index contributed by atoms with van der Waals surface area (Å²) in [6.07, 6.45) is -0.164. The second-order valence-electron chi connectivity index (χ2n) is 4.80. The molecule has 21 heavy (non-hydrogen) atoms. The second-order valence-corrected chi connectivity index (χ2v) is 6.74. The molecule has 0 spiro atoms. The number of hydrogen-bond donors (Lipinski definition) is 2. The van der Waals surface area contributed by atoms with E-state index in [4.69, 9.17) is 10.5 Å². The molecule has 1 heterocycles. The third kappa shape index (κ3) is 3.59. The molecule has 1 amide bonds. The number of carbonyl (C=O) groups excluding carboxylic acids is 1. The molecule has 1 atom stereocenters. The van der Waals surface area contributed by atoms with Crippen LogP contribution in [0.3, 0.4) is 0 Å². The van der Waals surface area contributed by atoms with Gasteiger partial charge < -0.3 is 15.8 Å². The molecule has 8 heteroatoms. The first kappa shape index (κ1) is 15.9. The van der Waals surface area contributed by atoms with Crippen LogP contribution in [0.15, 0.2) is 29.2 Å². The van der Waals surface area contributed by atoms with E-state index in [0.717, 1.165) is 0 Å². The number of sulfonamides is 1. The first-order valence-corrected chi connectivity index (χ1v) is 8.05. The lowest BCUT2D eigenvalue weighted by Crippen LogP contribution is -2.48. The molecule has 1 fully saturated rings. The van der Waals surface area contributed by atoms with Gasteiger partial charge in [-0.2, -0.15) is 4.31 Å². The van der Waals surface area contributed by atoms with Crippen molar-refractivity contribution < 1.29 is 17.9 Å². The van der Waals surface area contributed by atoms with Crippen molar-refractivity contribution >= 4 is 15.9 Å². The summed E-state index contributed by atoms with van der Waals surface area (Å²) in [7, 11) is -1.79. The molecule has 0 bridgehead atoms. The zero-order valence-corrected chi connectivity index (χ0v) is 12.6. The summed E-state index contributed by atoms with van der Waals surface area (Å²) in [6.45, 7) is 1.58. The highest BCUT2D eigenvalue weighted by atomic mass is 32.2. The quantitative estimate of drug-likeness (QED) is 0.755. The molecule has 3 N–H and O–H groups in total. The van der Waals surface area contributed by atoms with Crippen LogP contribution in [0, 0.1) is 0 Å². The number of likely N-dealkylation sites (N-methyl/N-ethyl adjacent to an activating group) is 1. The largest absolute Gasteiger partial charge is 0.374 e. The van der Waals surface area contributed by atoms with E-state index in [9.17, 15) is 13.2 Å². The smallest absolute Gasteiger partial charge is 0.248 e. The summed E-state index contributed by atoms with van der Waals surface area (Å²) in [5, 5.41) is 2.97. The number of nitrogens with one attached hydrogen (secondary N) is 1. The first-order valence-electron chi connectivity index (χ1n) is 6.61. The monoisotopic (exact) mass is 313 g/mol. The maximum atomic E-state index is 12.6. The van der Waals surface area contributed by atoms with Gasteiger partial charge in [-0.15, -0.1) is 0 Å². The van der Waals surface area contributed by atoms with Gasteiger partial charge in [-0.3, -0.25) is 4.79 Å². The Labute approximate surface area is 124 Å². The van der Waals surface area contributed by atoms with Gasteiger partial charge in [0.25, 0.3) is 0 Å². The minimum absolute atomic E-state index is 0.151. The summed E-state index contributed by atoms with van der Waals surface area (Å²) >= 11 is 0. The van der Waals surface area contributed by atoms with Crippen molar-refractivity contribution in [1.82, 2.24) is 9.62 Å². The number of nitrogens with zero attached hydrogens (tertiary/aromatic N) is 1. The van der Waals surface area contributed by atoms with E-state index < -0.39 is 15.9 Å². The predicted octanol–water partition coefficient (Wildman–Crippen LogP) is -0.606. The zero-order valence-electron chi connectivity index (χ0n) is 11.8. The molecule has 1 aliphatic rings. The van der Waals surface area contributed by atoms with Crippen LogP contribution in [0.1, 0.15) is 10.4 Å². The van der Waals surface area contributed by atoms with Gasteiger partial charge in [0.2, 0.25) is 15.9 Å². The van der Waals surface area contributed by atoms with Crippen LogP contribution in [-0.4, -0.2) is 58.0 Å². The number of benzene rings is 1.